The summed E-state index contributed by atoms with van der Waals surface area (Å²) in [7, 11) is 0. The van der Waals surface area contributed by atoms with Gasteiger partial charge in [0.1, 0.15) is 0 Å². The molecule has 1 unspecified atom stereocenters. The fourth-order valence-corrected chi connectivity index (χ4v) is 2.63. The number of nitrogens with two attached hydrogens (primary N) is 1. The van der Waals surface area contributed by atoms with Crippen LogP contribution in [0, 0.1) is 0 Å². The van der Waals surface area contributed by atoms with Crippen LogP contribution in [0.1, 0.15) is 31.6 Å². The second-order valence-corrected chi connectivity index (χ2v) is 7.06. The molecule has 0 aliphatic rings. The molecule has 0 aromatic carbocycles. The Kier molecular flexibility index (Phi) is 4.52. The maximum absolute atomic E-state index is 11.8. The van der Waals surface area contributed by atoms with Gasteiger partial charge in [0, 0.05) is 17.0 Å². The van der Waals surface area contributed by atoms with Crippen LogP contribution in [0.3, 0.4) is 0 Å². The van der Waals surface area contributed by atoms with Crippen molar-refractivity contribution in [2.45, 2.75) is 32.2 Å². The lowest BCUT2D eigenvalue weighted by Crippen LogP contribution is -2.45. The monoisotopic (exact) mass is 304 g/mol. The van der Waals surface area contributed by atoms with Gasteiger partial charge in [0.05, 0.1) is 9.70 Å². The molecule has 3 nitrogen and oxygen atoms in total. The Morgan fingerprint density at radius 1 is 1.62 bits per heavy atom. The van der Waals surface area contributed by atoms with Crippen LogP contribution in [0.25, 0.3) is 0 Å². The molecule has 0 radical (unpaired) electrons. The minimum Gasteiger partial charge on any atom is -0.354 e. The zero-order valence-electron chi connectivity index (χ0n) is 9.71. The minimum atomic E-state index is -0.370. The summed E-state index contributed by atoms with van der Waals surface area (Å²) in [6.07, 6.45) is 0. The molecule has 16 heavy (non-hydrogen) atoms. The van der Waals surface area contributed by atoms with Gasteiger partial charge in [0.15, 0.2) is 0 Å². The summed E-state index contributed by atoms with van der Waals surface area (Å²) in [5.41, 5.74) is 5.44. The second-order valence-electron chi connectivity index (χ2n) is 4.57. The summed E-state index contributed by atoms with van der Waals surface area (Å²) >= 11 is 4.97. The van der Waals surface area contributed by atoms with Crippen LogP contribution in [0.2, 0.25) is 0 Å². The van der Waals surface area contributed by atoms with E-state index < -0.39 is 0 Å². The number of carbonyl (C=O) groups excluding carboxylic acids is 1. The van der Waals surface area contributed by atoms with Crippen LogP contribution in [-0.2, 0) is 4.79 Å². The summed E-state index contributed by atoms with van der Waals surface area (Å²) < 4.78 is 1.04. The molecule has 3 N–H and O–H groups in total. The highest BCUT2D eigenvalue weighted by Gasteiger charge is 2.19. The zero-order valence-corrected chi connectivity index (χ0v) is 12.1. The Hall–Kier alpha value is -0.390. The number of thiophene rings is 1. The fraction of sp³-hybridized carbons (Fsp3) is 0.545. The Morgan fingerprint density at radius 2 is 2.25 bits per heavy atom. The van der Waals surface area contributed by atoms with Gasteiger partial charge in [-0.3, -0.25) is 4.79 Å². The van der Waals surface area contributed by atoms with E-state index in [1.54, 1.807) is 11.3 Å². The van der Waals surface area contributed by atoms with Gasteiger partial charge < -0.3 is 11.1 Å². The Bertz CT molecular complexity index is 370. The van der Waals surface area contributed by atoms with Gasteiger partial charge in [-0.1, -0.05) is 0 Å². The fourth-order valence-electron chi connectivity index (χ4n) is 1.16. The first-order chi connectivity index (χ1) is 7.29. The van der Waals surface area contributed by atoms with Gasteiger partial charge in [0.25, 0.3) is 0 Å². The van der Waals surface area contributed by atoms with E-state index in [4.69, 9.17) is 5.73 Å². The van der Waals surface area contributed by atoms with Crippen LogP contribution in [0.15, 0.2) is 15.9 Å². The topological polar surface area (TPSA) is 55.1 Å². The van der Waals surface area contributed by atoms with Gasteiger partial charge in [-0.25, -0.2) is 0 Å². The summed E-state index contributed by atoms with van der Waals surface area (Å²) in [5.74, 6) is -0.105. The lowest BCUT2D eigenvalue weighted by Gasteiger charge is -2.20. The van der Waals surface area contributed by atoms with Crippen molar-refractivity contribution in [3.05, 3.63) is 20.8 Å². The standard InChI is InChI=1S/C11H17BrN2OS/c1-7(8-4-5-9(12)16-8)10(15)14-6-11(2,3)13/h4-5,7H,6,13H2,1-3H3,(H,14,15). The maximum atomic E-state index is 11.8. The Morgan fingerprint density at radius 3 is 2.69 bits per heavy atom. The van der Waals surface area contributed by atoms with E-state index in [0.29, 0.717) is 6.54 Å². The SMILES string of the molecule is CC(C(=O)NCC(C)(C)N)c1ccc(Br)s1. The average molecular weight is 305 g/mol. The highest BCUT2D eigenvalue weighted by Crippen LogP contribution is 2.28. The van der Waals surface area contributed by atoms with E-state index in [1.165, 1.54) is 0 Å². The summed E-state index contributed by atoms with van der Waals surface area (Å²) in [6.45, 7) is 6.17. The smallest absolute Gasteiger partial charge is 0.228 e. The lowest BCUT2D eigenvalue weighted by molar-refractivity contribution is -0.122. The van der Waals surface area contributed by atoms with Crippen molar-refractivity contribution in [3.63, 3.8) is 0 Å². The van der Waals surface area contributed by atoms with Crippen LogP contribution in [0.5, 0.6) is 0 Å². The van der Waals surface area contributed by atoms with Gasteiger partial charge in [-0.2, -0.15) is 0 Å². The molecule has 0 aliphatic carbocycles. The number of hydrogen-bond acceptors (Lipinski definition) is 3. The molecule has 1 aromatic heterocycles. The van der Waals surface area contributed by atoms with Crippen molar-refractivity contribution >= 4 is 33.2 Å². The number of amides is 1. The van der Waals surface area contributed by atoms with E-state index in [-0.39, 0.29) is 17.4 Å². The predicted octanol–water partition coefficient (Wildman–Crippen LogP) is 2.47. The molecule has 90 valence electrons. The number of halogens is 1. The molecule has 1 heterocycles. The highest BCUT2D eigenvalue weighted by atomic mass is 79.9. The van der Waals surface area contributed by atoms with Crippen LogP contribution in [0.4, 0.5) is 0 Å². The molecule has 0 fully saturated rings. The first-order valence-electron chi connectivity index (χ1n) is 5.11. The van der Waals surface area contributed by atoms with E-state index in [1.807, 2.05) is 32.9 Å². The molecular weight excluding hydrogens is 288 g/mol. The van der Waals surface area contributed by atoms with Crippen molar-refractivity contribution < 1.29 is 4.79 Å². The maximum Gasteiger partial charge on any atom is 0.228 e. The Balaban J connectivity index is 2.55. The minimum absolute atomic E-state index is 0.0212. The first-order valence-corrected chi connectivity index (χ1v) is 6.72. The molecule has 0 spiro atoms. The van der Waals surface area contributed by atoms with Gasteiger partial charge in [-0.05, 0) is 48.8 Å². The first kappa shape index (κ1) is 13.7. The number of nitrogens with one attached hydrogen (secondary N) is 1. The van der Waals surface area contributed by atoms with Crippen LogP contribution >= 0.6 is 27.3 Å². The van der Waals surface area contributed by atoms with E-state index in [0.717, 1.165) is 8.66 Å². The quantitative estimate of drug-likeness (QED) is 0.898. The third-order valence-electron chi connectivity index (χ3n) is 2.13. The van der Waals surface area contributed by atoms with Crippen molar-refractivity contribution in [2.75, 3.05) is 6.54 Å². The second kappa shape index (κ2) is 5.29. The molecule has 1 aromatic rings. The van der Waals surface area contributed by atoms with E-state index in [2.05, 4.69) is 21.2 Å². The third-order valence-corrected chi connectivity index (χ3v) is 3.94. The van der Waals surface area contributed by atoms with E-state index >= 15 is 0 Å². The van der Waals surface area contributed by atoms with Gasteiger partial charge in [-0.15, -0.1) is 11.3 Å². The van der Waals surface area contributed by atoms with Crippen molar-refractivity contribution in [3.8, 4) is 0 Å². The highest BCUT2D eigenvalue weighted by molar-refractivity contribution is 9.11. The molecule has 0 saturated heterocycles. The summed E-state index contributed by atoms with van der Waals surface area (Å²) in [6, 6.07) is 3.92. The molecule has 0 aliphatic heterocycles. The van der Waals surface area contributed by atoms with E-state index in [9.17, 15) is 4.79 Å². The van der Waals surface area contributed by atoms with Crippen LogP contribution < -0.4 is 11.1 Å². The largest absolute Gasteiger partial charge is 0.354 e. The average Bonchev–Trinajstić information content (AvgIpc) is 2.59. The Labute approximate surface area is 109 Å². The summed E-state index contributed by atoms with van der Waals surface area (Å²) in [4.78, 5) is 12.9. The number of rotatable bonds is 4. The van der Waals surface area contributed by atoms with Gasteiger partial charge in [0.2, 0.25) is 5.91 Å². The van der Waals surface area contributed by atoms with Crippen molar-refractivity contribution in [1.29, 1.82) is 0 Å². The van der Waals surface area contributed by atoms with Crippen molar-refractivity contribution in [1.82, 2.24) is 5.32 Å². The number of hydrogen-bond donors (Lipinski definition) is 2. The molecule has 5 heteroatoms. The number of carbonyl (C=O) groups is 1. The molecular formula is C11H17BrN2OS. The predicted molar refractivity (Wildman–Crippen MR) is 71.7 cm³/mol. The summed E-state index contributed by atoms with van der Waals surface area (Å²) in [5, 5.41) is 2.86. The normalized spacial score (nSPS) is 13.6. The molecule has 1 atom stereocenters. The lowest BCUT2D eigenvalue weighted by atomic mass is 10.1. The van der Waals surface area contributed by atoms with Crippen LogP contribution in [-0.4, -0.2) is 18.0 Å². The molecule has 1 amide bonds. The third kappa shape index (κ3) is 4.23. The van der Waals surface area contributed by atoms with Gasteiger partial charge >= 0.3 is 0 Å². The molecule has 0 bridgehead atoms. The zero-order chi connectivity index (χ0) is 12.3. The van der Waals surface area contributed by atoms with Crippen molar-refractivity contribution in [2.24, 2.45) is 5.73 Å². The molecule has 1 rings (SSSR count). The molecule has 0 saturated carbocycles.